The third-order valence-corrected chi connectivity index (χ3v) is 2.97. The van der Waals surface area contributed by atoms with E-state index in [1.807, 2.05) is 0 Å². The van der Waals surface area contributed by atoms with Crippen molar-refractivity contribution in [2.24, 2.45) is 0 Å². The van der Waals surface area contributed by atoms with Crippen molar-refractivity contribution in [1.82, 2.24) is 4.90 Å². The van der Waals surface area contributed by atoms with Crippen LogP contribution >= 0.6 is 0 Å². The van der Waals surface area contributed by atoms with Gasteiger partial charge in [-0.25, -0.2) is 0 Å². The van der Waals surface area contributed by atoms with Gasteiger partial charge < -0.3 is 4.90 Å². The van der Waals surface area contributed by atoms with Gasteiger partial charge in [-0.05, 0) is 33.4 Å². The fraction of sp³-hybridized carbons (Fsp3) is 1.00. The Hall–Kier alpha value is -0.0400. The molecule has 0 aromatic carbocycles. The molecule has 1 heteroatoms. The quantitative estimate of drug-likeness (QED) is 0.592. The minimum absolute atomic E-state index is 0.443. The van der Waals surface area contributed by atoms with Crippen LogP contribution in [0.3, 0.4) is 0 Å². The number of hydrogen-bond acceptors (Lipinski definition) is 1. The molecule has 0 spiro atoms. The van der Waals surface area contributed by atoms with Crippen molar-refractivity contribution in [1.29, 1.82) is 0 Å². The molecule has 0 aliphatic carbocycles. The molecule has 0 rings (SSSR count). The Kier molecular flexibility index (Phi) is 5.56. The largest absolute Gasteiger partial charge is 0.301 e. The van der Waals surface area contributed by atoms with Gasteiger partial charge in [0.15, 0.2) is 0 Å². The Morgan fingerprint density at radius 1 is 1.00 bits per heavy atom. The van der Waals surface area contributed by atoms with Gasteiger partial charge in [-0.2, -0.15) is 0 Å². The Morgan fingerprint density at radius 2 is 1.42 bits per heavy atom. The number of hydrogen-bond donors (Lipinski definition) is 0. The molecule has 1 nitrogen and oxygen atoms in total. The lowest BCUT2D eigenvalue weighted by atomic mass is 9.89. The molecule has 0 radical (unpaired) electrons. The second-order valence-electron chi connectivity index (χ2n) is 4.01. The predicted molar refractivity (Wildman–Crippen MR) is 56.5 cm³/mol. The van der Waals surface area contributed by atoms with E-state index in [4.69, 9.17) is 0 Å². The molecule has 0 aromatic rings. The highest BCUT2D eigenvalue weighted by atomic mass is 15.2. The Balaban J connectivity index is 4.15. The van der Waals surface area contributed by atoms with E-state index in [0.29, 0.717) is 5.54 Å². The molecule has 0 unspecified atom stereocenters. The van der Waals surface area contributed by atoms with Crippen molar-refractivity contribution < 1.29 is 0 Å². The van der Waals surface area contributed by atoms with Crippen LogP contribution in [-0.4, -0.2) is 24.0 Å². The normalized spacial score (nSPS) is 12.5. The molecule has 0 N–H and O–H groups in total. The van der Waals surface area contributed by atoms with Crippen LogP contribution < -0.4 is 0 Å². The molecule has 74 valence electrons. The molecule has 0 bridgehead atoms. The van der Waals surface area contributed by atoms with Crippen LogP contribution in [0.5, 0.6) is 0 Å². The molecular weight excluding hydrogens is 146 g/mol. The SMILES string of the molecule is CCCC(C)(CCC)N(C)CC. The molecule has 0 saturated heterocycles. The molecule has 0 aromatic heterocycles. The van der Waals surface area contributed by atoms with Crippen LogP contribution in [0.15, 0.2) is 0 Å². The van der Waals surface area contributed by atoms with E-state index < -0.39 is 0 Å². The summed E-state index contributed by atoms with van der Waals surface area (Å²) in [6.45, 7) is 10.3. The van der Waals surface area contributed by atoms with Crippen molar-refractivity contribution in [3.05, 3.63) is 0 Å². The first-order valence-corrected chi connectivity index (χ1v) is 5.32. The lowest BCUT2D eigenvalue weighted by Crippen LogP contribution is -2.43. The predicted octanol–water partition coefficient (Wildman–Crippen LogP) is 3.30. The summed E-state index contributed by atoms with van der Waals surface area (Å²) in [5, 5.41) is 0. The van der Waals surface area contributed by atoms with E-state index in [-0.39, 0.29) is 0 Å². The maximum atomic E-state index is 2.49. The minimum atomic E-state index is 0.443. The van der Waals surface area contributed by atoms with Gasteiger partial charge in [0.05, 0.1) is 0 Å². The Labute approximate surface area is 78.1 Å². The molecule has 0 saturated carbocycles. The van der Waals surface area contributed by atoms with E-state index in [9.17, 15) is 0 Å². The van der Waals surface area contributed by atoms with Gasteiger partial charge in [0.1, 0.15) is 0 Å². The van der Waals surface area contributed by atoms with Crippen LogP contribution in [0.4, 0.5) is 0 Å². The zero-order valence-corrected chi connectivity index (χ0v) is 9.48. The van der Waals surface area contributed by atoms with Gasteiger partial charge in [-0.1, -0.05) is 33.6 Å². The molecule has 12 heavy (non-hydrogen) atoms. The first kappa shape index (κ1) is 12.0. The van der Waals surface area contributed by atoms with Crippen molar-refractivity contribution in [2.45, 2.75) is 58.9 Å². The standard InChI is InChI=1S/C11H25N/c1-6-9-11(4,10-7-2)12(5)8-3/h6-10H2,1-5H3. The summed E-state index contributed by atoms with van der Waals surface area (Å²) >= 11 is 0. The Morgan fingerprint density at radius 3 is 1.67 bits per heavy atom. The smallest absolute Gasteiger partial charge is 0.0178 e. The maximum absolute atomic E-state index is 2.49. The molecule has 0 amide bonds. The van der Waals surface area contributed by atoms with Crippen LogP contribution in [-0.2, 0) is 0 Å². The van der Waals surface area contributed by atoms with Gasteiger partial charge in [-0.3, -0.25) is 0 Å². The van der Waals surface area contributed by atoms with Crippen LogP contribution in [0.1, 0.15) is 53.4 Å². The van der Waals surface area contributed by atoms with Crippen LogP contribution in [0, 0.1) is 0 Å². The van der Waals surface area contributed by atoms with E-state index in [0.717, 1.165) is 6.54 Å². The minimum Gasteiger partial charge on any atom is -0.301 e. The highest BCUT2D eigenvalue weighted by molar-refractivity contribution is 4.82. The molecule has 0 atom stereocenters. The van der Waals surface area contributed by atoms with Gasteiger partial charge in [0.25, 0.3) is 0 Å². The number of nitrogens with zero attached hydrogens (tertiary/aromatic N) is 1. The van der Waals surface area contributed by atoms with E-state index in [1.54, 1.807) is 0 Å². The summed E-state index contributed by atoms with van der Waals surface area (Å²) in [4.78, 5) is 2.49. The van der Waals surface area contributed by atoms with E-state index in [2.05, 4.69) is 39.6 Å². The first-order valence-electron chi connectivity index (χ1n) is 5.32. The summed E-state index contributed by atoms with van der Waals surface area (Å²) in [5.74, 6) is 0. The summed E-state index contributed by atoms with van der Waals surface area (Å²) in [5.41, 5.74) is 0.443. The molecule has 0 aliphatic rings. The first-order chi connectivity index (χ1) is 5.60. The molecule has 0 fully saturated rings. The number of rotatable bonds is 6. The van der Waals surface area contributed by atoms with Gasteiger partial charge in [0.2, 0.25) is 0 Å². The Bertz CT molecular complexity index is 104. The van der Waals surface area contributed by atoms with Crippen molar-refractivity contribution in [2.75, 3.05) is 13.6 Å². The maximum Gasteiger partial charge on any atom is 0.0178 e. The fourth-order valence-corrected chi connectivity index (χ4v) is 1.97. The fourth-order valence-electron chi connectivity index (χ4n) is 1.97. The average molecular weight is 171 g/mol. The second kappa shape index (κ2) is 5.58. The second-order valence-corrected chi connectivity index (χ2v) is 4.01. The summed E-state index contributed by atoms with van der Waals surface area (Å²) < 4.78 is 0. The van der Waals surface area contributed by atoms with Crippen LogP contribution in [0.25, 0.3) is 0 Å². The van der Waals surface area contributed by atoms with E-state index in [1.165, 1.54) is 25.7 Å². The average Bonchev–Trinajstić information content (AvgIpc) is 2.04. The molecular formula is C11H25N. The lowest BCUT2D eigenvalue weighted by molar-refractivity contribution is 0.121. The van der Waals surface area contributed by atoms with Crippen molar-refractivity contribution in [3.8, 4) is 0 Å². The third-order valence-electron chi connectivity index (χ3n) is 2.97. The monoisotopic (exact) mass is 171 g/mol. The van der Waals surface area contributed by atoms with Gasteiger partial charge in [-0.15, -0.1) is 0 Å². The zero-order chi connectivity index (χ0) is 9.61. The third kappa shape index (κ3) is 3.14. The highest BCUT2D eigenvalue weighted by Gasteiger charge is 2.25. The summed E-state index contributed by atoms with van der Waals surface area (Å²) in [6.07, 6.45) is 5.23. The summed E-state index contributed by atoms with van der Waals surface area (Å²) in [6, 6.07) is 0. The zero-order valence-electron chi connectivity index (χ0n) is 9.48. The molecule has 0 heterocycles. The highest BCUT2D eigenvalue weighted by Crippen LogP contribution is 2.24. The van der Waals surface area contributed by atoms with Crippen LogP contribution in [0.2, 0.25) is 0 Å². The molecule has 0 aliphatic heterocycles. The topological polar surface area (TPSA) is 3.24 Å². The van der Waals surface area contributed by atoms with Crippen molar-refractivity contribution in [3.63, 3.8) is 0 Å². The van der Waals surface area contributed by atoms with E-state index >= 15 is 0 Å². The van der Waals surface area contributed by atoms with Gasteiger partial charge in [0, 0.05) is 5.54 Å². The summed E-state index contributed by atoms with van der Waals surface area (Å²) in [7, 11) is 2.24. The van der Waals surface area contributed by atoms with Gasteiger partial charge >= 0.3 is 0 Å². The van der Waals surface area contributed by atoms with Crippen molar-refractivity contribution >= 4 is 0 Å². The lowest BCUT2D eigenvalue weighted by Gasteiger charge is -2.38.